The highest BCUT2D eigenvalue weighted by atomic mass is 16.1. The maximum Gasteiger partial charge on any atom is 0.224 e. The van der Waals surface area contributed by atoms with Crippen molar-refractivity contribution in [2.45, 2.75) is 19.9 Å². The first-order chi connectivity index (χ1) is 10.2. The summed E-state index contributed by atoms with van der Waals surface area (Å²) in [6.07, 6.45) is 5.79. The molecule has 0 aliphatic carbocycles. The van der Waals surface area contributed by atoms with Crippen molar-refractivity contribution in [3.8, 4) is 0 Å². The molecule has 0 atom stereocenters. The number of carbonyl (C=O) groups excluding carboxylic acids is 1. The molecule has 0 fully saturated rings. The summed E-state index contributed by atoms with van der Waals surface area (Å²) in [6, 6.07) is 7.88. The SMILES string of the molecule is C=Cn1cc(CNc2ccc(CC(=O)NCC)cc2)cn1. The summed E-state index contributed by atoms with van der Waals surface area (Å²) in [5.41, 5.74) is 3.10. The molecule has 21 heavy (non-hydrogen) atoms. The van der Waals surface area contributed by atoms with E-state index < -0.39 is 0 Å². The first-order valence-electron chi connectivity index (χ1n) is 6.96. The number of likely N-dealkylation sites (N-methyl/N-ethyl adjacent to an activating group) is 1. The molecule has 0 saturated heterocycles. The standard InChI is InChI=1S/C16H20N4O/c1-3-17-16(21)9-13-5-7-15(8-6-13)18-10-14-11-19-20(4-2)12-14/h4-8,11-12,18H,2-3,9-10H2,1H3,(H,17,21). The van der Waals surface area contributed by atoms with Crippen LogP contribution in [0.25, 0.3) is 6.20 Å². The van der Waals surface area contributed by atoms with E-state index in [0.717, 1.165) is 16.8 Å². The molecule has 5 heteroatoms. The fraction of sp³-hybridized carbons (Fsp3) is 0.250. The molecule has 0 saturated carbocycles. The highest BCUT2D eigenvalue weighted by Gasteiger charge is 2.02. The van der Waals surface area contributed by atoms with Crippen molar-refractivity contribution in [1.29, 1.82) is 0 Å². The number of nitrogens with zero attached hydrogens (tertiary/aromatic N) is 2. The second-order valence-electron chi connectivity index (χ2n) is 4.69. The van der Waals surface area contributed by atoms with Crippen LogP contribution >= 0.6 is 0 Å². The lowest BCUT2D eigenvalue weighted by Crippen LogP contribution is -2.24. The Morgan fingerprint density at radius 3 is 2.71 bits per heavy atom. The molecule has 1 aromatic heterocycles. The zero-order valence-corrected chi connectivity index (χ0v) is 12.2. The zero-order chi connectivity index (χ0) is 15.1. The van der Waals surface area contributed by atoms with Crippen LogP contribution in [0.1, 0.15) is 18.1 Å². The molecule has 110 valence electrons. The van der Waals surface area contributed by atoms with Crippen LogP contribution in [0.2, 0.25) is 0 Å². The van der Waals surface area contributed by atoms with E-state index in [1.807, 2.05) is 37.4 Å². The molecular weight excluding hydrogens is 264 g/mol. The summed E-state index contributed by atoms with van der Waals surface area (Å²) in [7, 11) is 0. The molecule has 0 radical (unpaired) electrons. The highest BCUT2D eigenvalue weighted by Crippen LogP contribution is 2.11. The predicted molar refractivity (Wildman–Crippen MR) is 84.8 cm³/mol. The van der Waals surface area contributed by atoms with Gasteiger partial charge < -0.3 is 10.6 Å². The highest BCUT2D eigenvalue weighted by molar-refractivity contribution is 5.78. The van der Waals surface area contributed by atoms with Crippen molar-refractivity contribution in [2.24, 2.45) is 0 Å². The van der Waals surface area contributed by atoms with Gasteiger partial charge in [-0.1, -0.05) is 18.7 Å². The van der Waals surface area contributed by atoms with E-state index in [-0.39, 0.29) is 5.91 Å². The summed E-state index contributed by atoms with van der Waals surface area (Å²) in [4.78, 5) is 11.5. The Morgan fingerprint density at radius 1 is 1.33 bits per heavy atom. The average Bonchev–Trinajstić information content (AvgIpc) is 2.95. The van der Waals surface area contributed by atoms with Crippen molar-refractivity contribution in [2.75, 3.05) is 11.9 Å². The van der Waals surface area contributed by atoms with Gasteiger partial charge in [0.1, 0.15) is 0 Å². The largest absolute Gasteiger partial charge is 0.381 e. The van der Waals surface area contributed by atoms with Gasteiger partial charge in [0.15, 0.2) is 0 Å². The molecule has 1 aromatic carbocycles. The number of hydrogen-bond donors (Lipinski definition) is 2. The summed E-state index contributed by atoms with van der Waals surface area (Å²) in [5, 5.41) is 10.2. The predicted octanol–water partition coefficient (Wildman–Crippen LogP) is 2.27. The van der Waals surface area contributed by atoms with Crippen LogP contribution in [0.4, 0.5) is 5.69 Å². The van der Waals surface area contributed by atoms with Gasteiger partial charge in [0.2, 0.25) is 5.91 Å². The van der Waals surface area contributed by atoms with E-state index in [1.54, 1.807) is 17.1 Å². The van der Waals surface area contributed by atoms with Crippen LogP contribution in [0.3, 0.4) is 0 Å². The first kappa shape index (κ1) is 14.8. The van der Waals surface area contributed by atoms with Crippen molar-refractivity contribution < 1.29 is 4.79 Å². The topological polar surface area (TPSA) is 59.0 Å². The fourth-order valence-electron chi connectivity index (χ4n) is 1.96. The first-order valence-corrected chi connectivity index (χ1v) is 6.96. The number of benzene rings is 1. The molecule has 1 amide bonds. The van der Waals surface area contributed by atoms with E-state index in [0.29, 0.717) is 19.5 Å². The van der Waals surface area contributed by atoms with Gasteiger partial charge in [-0.05, 0) is 24.6 Å². The number of nitrogens with one attached hydrogen (secondary N) is 2. The van der Waals surface area contributed by atoms with Crippen molar-refractivity contribution in [3.05, 3.63) is 54.4 Å². The number of hydrogen-bond acceptors (Lipinski definition) is 3. The molecule has 0 aliphatic rings. The Morgan fingerprint density at radius 2 is 2.10 bits per heavy atom. The monoisotopic (exact) mass is 284 g/mol. The van der Waals surface area contributed by atoms with Gasteiger partial charge in [0.05, 0.1) is 12.6 Å². The lowest BCUT2D eigenvalue weighted by molar-refractivity contribution is -0.120. The van der Waals surface area contributed by atoms with E-state index in [2.05, 4.69) is 22.3 Å². The fourth-order valence-corrected chi connectivity index (χ4v) is 1.96. The molecule has 2 N–H and O–H groups in total. The molecular formula is C16H20N4O. The van der Waals surface area contributed by atoms with Crippen LogP contribution in [0, 0.1) is 0 Å². The van der Waals surface area contributed by atoms with Crippen LogP contribution in [-0.4, -0.2) is 22.2 Å². The average molecular weight is 284 g/mol. The smallest absolute Gasteiger partial charge is 0.224 e. The van der Waals surface area contributed by atoms with Gasteiger partial charge in [0.25, 0.3) is 0 Å². The number of aromatic nitrogens is 2. The second kappa shape index (κ2) is 7.28. The Bertz CT molecular complexity index is 601. The third kappa shape index (κ3) is 4.49. The van der Waals surface area contributed by atoms with Gasteiger partial charge in [-0.25, -0.2) is 4.68 Å². The summed E-state index contributed by atoms with van der Waals surface area (Å²) < 4.78 is 1.67. The van der Waals surface area contributed by atoms with Crippen molar-refractivity contribution in [3.63, 3.8) is 0 Å². The minimum absolute atomic E-state index is 0.0510. The quantitative estimate of drug-likeness (QED) is 0.820. The zero-order valence-electron chi connectivity index (χ0n) is 12.2. The molecule has 0 unspecified atom stereocenters. The normalized spacial score (nSPS) is 10.1. The second-order valence-corrected chi connectivity index (χ2v) is 4.69. The Labute approximate surface area is 124 Å². The molecule has 0 bridgehead atoms. The Kier molecular flexibility index (Phi) is 5.15. The van der Waals surface area contributed by atoms with E-state index in [9.17, 15) is 4.79 Å². The Hall–Kier alpha value is -2.56. The summed E-state index contributed by atoms with van der Waals surface area (Å²) in [5.74, 6) is 0.0510. The van der Waals surface area contributed by atoms with Crippen LogP contribution in [0.5, 0.6) is 0 Å². The molecule has 2 aromatic rings. The molecule has 0 aliphatic heterocycles. The number of amides is 1. The lowest BCUT2D eigenvalue weighted by atomic mass is 10.1. The molecule has 5 nitrogen and oxygen atoms in total. The lowest BCUT2D eigenvalue weighted by Gasteiger charge is -2.06. The van der Waals surface area contributed by atoms with Crippen LogP contribution in [0.15, 0.2) is 43.2 Å². The van der Waals surface area contributed by atoms with Crippen LogP contribution < -0.4 is 10.6 Å². The van der Waals surface area contributed by atoms with Gasteiger partial charge in [0, 0.05) is 36.7 Å². The van der Waals surface area contributed by atoms with Crippen LogP contribution in [-0.2, 0) is 17.8 Å². The van der Waals surface area contributed by atoms with Crippen molar-refractivity contribution in [1.82, 2.24) is 15.1 Å². The molecule has 2 rings (SSSR count). The minimum Gasteiger partial charge on any atom is -0.381 e. The Balaban J connectivity index is 1.87. The van der Waals surface area contributed by atoms with E-state index in [4.69, 9.17) is 0 Å². The minimum atomic E-state index is 0.0510. The van der Waals surface area contributed by atoms with Crippen molar-refractivity contribution >= 4 is 17.8 Å². The van der Waals surface area contributed by atoms with E-state index in [1.165, 1.54) is 0 Å². The number of anilines is 1. The number of rotatable bonds is 7. The third-order valence-corrected chi connectivity index (χ3v) is 3.03. The summed E-state index contributed by atoms with van der Waals surface area (Å²) >= 11 is 0. The van der Waals surface area contributed by atoms with E-state index >= 15 is 0 Å². The van der Waals surface area contributed by atoms with Gasteiger partial charge in [-0.2, -0.15) is 5.10 Å². The maximum absolute atomic E-state index is 11.5. The van der Waals surface area contributed by atoms with Gasteiger partial charge >= 0.3 is 0 Å². The molecule has 0 spiro atoms. The van der Waals surface area contributed by atoms with Gasteiger partial charge in [-0.15, -0.1) is 0 Å². The van der Waals surface area contributed by atoms with Gasteiger partial charge in [-0.3, -0.25) is 4.79 Å². The molecule has 1 heterocycles. The maximum atomic E-state index is 11.5. The number of carbonyl (C=O) groups is 1. The summed E-state index contributed by atoms with van der Waals surface area (Å²) in [6.45, 7) is 6.93. The third-order valence-electron chi connectivity index (χ3n) is 3.03.